The summed E-state index contributed by atoms with van der Waals surface area (Å²) in [5.41, 5.74) is 0. The molecule has 4 heteroatoms. The Morgan fingerprint density at radius 2 is 2.33 bits per heavy atom. The molecule has 0 aromatic rings. The first-order valence-corrected chi connectivity index (χ1v) is 1.12. The van der Waals surface area contributed by atoms with E-state index in [-0.39, 0.29) is 6.29 Å². The predicted octanol–water partition coefficient (Wildman–Crippen LogP) is -0.798. The predicted molar refractivity (Wildman–Crippen MR) is 14.8 cm³/mol. The summed E-state index contributed by atoms with van der Waals surface area (Å²) in [5, 5.41) is 7.25. The van der Waals surface area contributed by atoms with Gasteiger partial charge in [0.15, 0.2) is 0 Å². The van der Waals surface area contributed by atoms with Gasteiger partial charge in [-0.1, -0.05) is 0 Å². The van der Waals surface area contributed by atoms with Crippen LogP contribution >= 0.6 is 0 Å². The minimum atomic E-state index is -1.28. The standard InChI is InChI=1S/C2H2O4/c3-1-2(4)6-5/h1,5H. The molecule has 6 heavy (non-hydrogen) atoms. The molecule has 0 rings (SSSR count). The third-order valence-corrected chi connectivity index (χ3v) is 0.186. The lowest BCUT2D eigenvalue weighted by Gasteiger charge is -1.75. The quantitative estimate of drug-likeness (QED) is 0.198. The second-order valence-corrected chi connectivity index (χ2v) is 0.528. The highest BCUT2D eigenvalue weighted by atomic mass is 17.1. The van der Waals surface area contributed by atoms with Crippen LogP contribution in [-0.2, 0) is 14.5 Å². The number of aldehydes is 1. The van der Waals surface area contributed by atoms with Gasteiger partial charge >= 0.3 is 5.97 Å². The maximum atomic E-state index is 9.34. The first-order chi connectivity index (χ1) is 2.81. The molecule has 0 aromatic carbocycles. The Morgan fingerprint density at radius 1 is 1.83 bits per heavy atom. The molecular weight excluding hydrogens is 88.0 g/mol. The smallest absolute Gasteiger partial charge is 0.292 e. The van der Waals surface area contributed by atoms with Crippen LogP contribution in [0.25, 0.3) is 0 Å². The van der Waals surface area contributed by atoms with Crippen LogP contribution in [0.15, 0.2) is 0 Å². The zero-order valence-electron chi connectivity index (χ0n) is 2.75. The van der Waals surface area contributed by atoms with E-state index in [1.54, 1.807) is 0 Å². The topological polar surface area (TPSA) is 63.6 Å². The van der Waals surface area contributed by atoms with Gasteiger partial charge in [0.2, 0.25) is 6.29 Å². The number of rotatable bonds is 1. The monoisotopic (exact) mass is 90.0 g/mol. The maximum absolute atomic E-state index is 9.34. The number of carbonyl (C=O) groups is 2. The lowest BCUT2D eigenvalue weighted by molar-refractivity contribution is -0.230. The van der Waals surface area contributed by atoms with Crippen molar-refractivity contribution >= 4 is 12.3 Å². The molecule has 0 atom stereocenters. The summed E-state index contributed by atoms with van der Waals surface area (Å²) in [6, 6.07) is 0. The minimum Gasteiger partial charge on any atom is -0.292 e. The molecule has 0 amide bonds. The van der Waals surface area contributed by atoms with E-state index in [9.17, 15) is 4.79 Å². The van der Waals surface area contributed by atoms with Gasteiger partial charge in [0.05, 0.1) is 0 Å². The highest BCUT2D eigenvalue weighted by molar-refractivity contribution is 6.19. The molecule has 0 fully saturated rings. The van der Waals surface area contributed by atoms with Crippen LogP contribution in [0.5, 0.6) is 0 Å². The second kappa shape index (κ2) is 2.34. The van der Waals surface area contributed by atoms with Gasteiger partial charge in [-0.05, 0) is 0 Å². The number of carbonyl (C=O) groups excluding carboxylic acids is 2. The van der Waals surface area contributed by atoms with Crippen molar-refractivity contribution in [2.45, 2.75) is 0 Å². The lowest BCUT2D eigenvalue weighted by Crippen LogP contribution is -1.99. The molecular formula is C2H2O4. The molecule has 0 aliphatic rings. The molecule has 0 aliphatic carbocycles. The van der Waals surface area contributed by atoms with E-state index in [0.717, 1.165) is 0 Å². The molecule has 1 N–H and O–H groups in total. The van der Waals surface area contributed by atoms with Crippen LogP contribution in [0.4, 0.5) is 0 Å². The van der Waals surface area contributed by atoms with E-state index >= 15 is 0 Å². The Kier molecular flexibility index (Phi) is 1.99. The molecule has 0 saturated heterocycles. The van der Waals surface area contributed by atoms with Crippen molar-refractivity contribution in [2.75, 3.05) is 0 Å². The zero-order chi connectivity index (χ0) is 4.99. The summed E-state index contributed by atoms with van der Waals surface area (Å²) in [6.45, 7) is 0. The second-order valence-electron chi connectivity index (χ2n) is 0.528. The molecule has 34 valence electrons. The molecule has 4 nitrogen and oxygen atoms in total. The van der Waals surface area contributed by atoms with Crippen molar-refractivity contribution in [3.8, 4) is 0 Å². The third-order valence-electron chi connectivity index (χ3n) is 0.186. The first-order valence-electron chi connectivity index (χ1n) is 1.12. The van der Waals surface area contributed by atoms with Crippen molar-refractivity contribution in [2.24, 2.45) is 0 Å². The zero-order valence-corrected chi connectivity index (χ0v) is 2.75. The fourth-order valence-corrected chi connectivity index (χ4v) is 0.0215. The first kappa shape index (κ1) is 5.10. The van der Waals surface area contributed by atoms with E-state index in [2.05, 4.69) is 4.89 Å². The van der Waals surface area contributed by atoms with E-state index < -0.39 is 5.97 Å². The van der Waals surface area contributed by atoms with E-state index in [1.807, 2.05) is 0 Å². The normalized spacial score (nSPS) is 6.83. The lowest BCUT2D eigenvalue weighted by atomic mass is 10.8. The van der Waals surface area contributed by atoms with Crippen molar-refractivity contribution in [1.29, 1.82) is 0 Å². The Labute approximate surface area is 33.3 Å². The van der Waals surface area contributed by atoms with Gasteiger partial charge in [-0.15, -0.1) is 0 Å². The average molecular weight is 90.0 g/mol. The van der Waals surface area contributed by atoms with Gasteiger partial charge in [-0.3, -0.25) is 9.68 Å². The maximum Gasteiger partial charge on any atom is 0.404 e. The average Bonchev–Trinajstić information content (AvgIpc) is 1.65. The Bertz CT molecular complexity index is 65.9. The largest absolute Gasteiger partial charge is 0.404 e. The molecule has 0 saturated carbocycles. The van der Waals surface area contributed by atoms with Gasteiger partial charge in [0.1, 0.15) is 0 Å². The van der Waals surface area contributed by atoms with Gasteiger partial charge in [0, 0.05) is 0 Å². The Hall–Kier alpha value is -0.900. The van der Waals surface area contributed by atoms with E-state index in [0.29, 0.717) is 0 Å². The molecule has 0 heterocycles. The summed E-state index contributed by atoms with van der Waals surface area (Å²) in [6.07, 6.45) is -0.139. The summed E-state index contributed by atoms with van der Waals surface area (Å²) in [7, 11) is 0. The van der Waals surface area contributed by atoms with Crippen LogP contribution in [0.2, 0.25) is 0 Å². The summed E-state index contributed by atoms with van der Waals surface area (Å²) in [4.78, 5) is 21.3. The van der Waals surface area contributed by atoms with Crippen LogP contribution in [0.3, 0.4) is 0 Å². The molecule has 0 aromatic heterocycles. The fourth-order valence-electron chi connectivity index (χ4n) is 0.0215. The van der Waals surface area contributed by atoms with Gasteiger partial charge in [-0.2, -0.15) is 5.26 Å². The van der Waals surface area contributed by atoms with Crippen molar-refractivity contribution < 1.29 is 19.7 Å². The summed E-state index contributed by atoms with van der Waals surface area (Å²) >= 11 is 0. The third kappa shape index (κ3) is 1.42. The number of hydrogen-bond acceptors (Lipinski definition) is 4. The SMILES string of the molecule is O=CC(=O)OO. The van der Waals surface area contributed by atoms with Crippen molar-refractivity contribution in [1.82, 2.24) is 0 Å². The molecule has 0 radical (unpaired) electrons. The molecule has 0 aliphatic heterocycles. The van der Waals surface area contributed by atoms with Crippen molar-refractivity contribution in [3.63, 3.8) is 0 Å². The fraction of sp³-hybridized carbons (Fsp3) is 0. The van der Waals surface area contributed by atoms with Crippen LogP contribution in [0, 0.1) is 0 Å². The van der Waals surface area contributed by atoms with Crippen LogP contribution in [-0.4, -0.2) is 17.5 Å². The van der Waals surface area contributed by atoms with Crippen molar-refractivity contribution in [3.05, 3.63) is 0 Å². The van der Waals surface area contributed by atoms with Gasteiger partial charge in [0.25, 0.3) is 0 Å². The molecule has 0 unspecified atom stereocenters. The molecule has 0 bridgehead atoms. The van der Waals surface area contributed by atoms with Gasteiger partial charge < -0.3 is 0 Å². The Morgan fingerprint density at radius 3 is 2.33 bits per heavy atom. The van der Waals surface area contributed by atoms with Crippen LogP contribution < -0.4 is 0 Å². The Balaban J connectivity index is 3.23. The van der Waals surface area contributed by atoms with E-state index in [4.69, 9.17) is 10.1 Å². The highest BCUT2D eigenvalue weighted by Crippen LogP contribution is 1.57. The summed E-state index contributed by atoms with van der Waals surface area (Å²) in [5.74, 6) is -1.28. The highest BCUT2D eigenvalue weighted by Gasteiger charge is 1.91. The minimum absolute atomic E-state index is 0.139. The van der Waals surface area contributed by atoms with Gasteiger partial charge in [-0.25, -0.2) is 4.79 Å². The van der Waals surface area contributed by atoms with E-state index in [1.165, 1.54) is 0 Å². The number of hydrogen-bond donors (Lipinski definition) is 1. The van der Waals surface area contributed by atoms with Crippen LogP contribution in [0.1, 0.15) is 0 Å². The molecule has 0 spiro atoms. The summed E-state index contributed by atoms with van der Waals surface area (Å²) < 4.78 is 0.